The molecule has 9 nitrogen and oxygen atoms in total. The van der Waals surface area contributed by atoms with Gasteiger partial charge in [0, 0.05) is 17.9 Å². The van der Waals surface area contributed by atoms with Crippen LogP contribution in [-0.2, 0) is 14.3 Å². The first-order chi connectivity index (χ1) is 15.1. The Morgan fingerprint density at radius 1 is 1.28 bits per heavy atom. The Labute approximate surface area is 194 Å². The Hall–Kier alpha value is -2.93. The third kappa shape index (κ3) is 8.30. The quantitative estimate of drug-likeness (QED) is 0.239. The highest BCUT2D eigenvalue weighted by atomic mass is 32.1. The van der Waals surface area contributed by atoms with Crippen molar-refractivity contribution in [3.05, 3.63) is 29.8 Å². The summed E-state index contributed by atoms with van der Waals surface area (Å²) in [4.78, 5) is 39.6. The van der Waals surface area contributed by atoms with Crippen LogP contribution in [-0.4, -0.2) is 58.4 Å². The lowest BCUT2D eigenvalue weighted by Crippen LogP contribution is -2.54. The molecule has 3 N–H and O–H groups in total. The molecule has 10 heteroatoms. The Morgan fingerprint density at radius 2 is 1.94 bits per heavy atom. The van der Waals surface area contributed by atoms with Crippen LogP contribution in [0.5, 0.6) is 5.75 Å². The number of hydrogen-bond donors (Lipinski definition) is 4. The maximum absolute atomic E-state index is 13.3. The molecular formula is C22H32N4O5S. The van der Waals surface area contributed by atoms with E-state index >= 15 is 0 Å². The summed E-state index contributed by atoms with van der Waals surface area (Å²) in [6.07, 6.45) is 0.753. The molecule has 0 saturated heterocycles. The highest BCUT2D eigenvalue weighted by Crippen LogP contribution is 2.29. The number of phenolic OH excluding ortho intramolecular Hbond substituents is 1. The van der Waals surface area contributed by atoms with Gasteiger partial charge in [-0.1, -0.05) is 31.5 Å². The molecule has 0 spiro atoms. The van der Waals surface area contributed by atoms with Gasteiger partial charge in [0.05, 0.1) is 6.07 Å². The summed E-state index contributed by atoms with van der Waals surface area (Å²) in [5.41, 5.74) is -0.613. The van der Waals surface area contributed by atoms with Crippen molar-refractivity contribution in [3.63, 3.8) is 0 Å². The number of phenols is 1. The minimum absolute atomic E-state index is 0.0923. The molecular weight excluding hydrogens is 432 g/mol. The lowest BCUT2D eigenvalue weighted by molar-refractivity contribution is -0.141. The number of benzene rings is 1. The monoisotopic (exact) mass is 464 g/mol. The number of ether oxygens (including phenoxy) is 1. The Bertz CT molecular complexity index is 834. The number of carbonyl (C=O) groups excluding carboxylic acids is 3. The highest BCUT2D eigenvalue weighted by molar-refractivity contribution is 7.80. The van der Waals surface area contributed by atoms with E-state index in [4.69, 9.17) is 4.74 Å². The second-order valence-electron chi connectivity index (χ2n) is 8.11. The summed E-state index contributed by atoms with van der Waals surface area (Å²) in [6.45, 7) is 6.94. The van der Waals surface area contributed by atoms with E-state index in [0.29, 0.717) is 6.54 Å². The zero-order valence-electron chi connectivity index (χ0n) is 18.9. The van der Waals surface area contributed by atoms with Gasteiger partial charge in [-0.2, -0.15) is 17.9 Å². The first-order valence-electron chi connectivity index (χ1n) is 10.4. The van der Waals surface area contributed by atoms with Crippen molar-refractivity contribution >= 4 is 30.5 Å². The number of aromatic hydroxyl groups is 1. The lowest BCUT2D eigenvalue weighted by atomic mass is 10.0. The number of para-hydroxylation sites is 1. The number of unbranched alkanes of at least 4 members (excludes halogenated alkanes) is 1. The van der Waals surface area contributed by atoms with Gasteiger partial charge in [-0.25, -0.2) is 4.79 Å². The smallest absolute Gasteiger partial charge is 0.408 e. The Balaban J connectivity index is 3.29. The normalized spacial score (nSPS) is 12.8. The summed E-state index contributed by atoms with van der Waals surface area (Å²) in [7, 11) is 0. The number of thiol groups is 1. The fourth-order valence-electron chi connectivity index (χ4n) is 2.86. The second kappa shape index (κ2) is 12.8. The predicted octanol–water partition coefficient (Wildman–Crippen LogP) is 2.52. The largest absolute Gasteiger partial charge is 0.508 e. The molecule has 0 aromatic heterocycles. The predicted molar refractivity (Wildman–Crippen MR) is 123 cm³/mol. The van der Waals surface area contributed by atoms with Gasteiger partial charge in [0.25, 0.3) is 0 Å². The van der Waals surface area contributed by atoms with E-state index in [0.717, 1.165) is 17.7 Å². The first kappa shape index (κ1) is 27.1. The number of nitriles is 1. The Morgan fingerprint density at radius 3 is 2.47 bits per heavy atom. The number of nitrogens with zero attached hydrogens (tertiary/aromatic N) is 2. The average molecular weight is 465 g/mol. The van der Waals surface area contributed by atoms with Gasteiger partial charge in [-0.05, 0) is 33.3 Å². The number of carbonyl (C=O) groups is 3. The van der Waals surface area contributed by atoms with Crippen molar-refractivity contribution in [2.24, 2.45) is 0 Å². The minimum Gasteiger partial charge on any atom is -0.508 e. The van der Waals surface area contributed by atoms with Crippen molar-refractivity contribution in [2.75, 3.05) is 18.8 Å². The molecule has 0 heterocycles. The topological polar surface area (TPSA) is 132 Å². The Kier molecular flexibility index (Phi) is 10.9. The lowest BCUT2D eigenvalue weighted by Gasteiger charge is -2.32. The average Bonchev–Trinajstić information content (AvgIpc) is 2.71. The van der Waals surface area contributed by atoms with Gasteiger partial charge in [0.2, 0.25) is 11.8 Å². The first-order valence-corrected chi connectivity index (χ1v) is 11.0. The van der Waals surface area contributed by atoms with E-state index in [1.165, 1.54) is 12.1 Å². The number of amides is 3. The van der Waals surface area contributed by atoms with Gasteiger partial charge >= 0.3 is 6.09 Å². The summed E-state index contributed by atoms with van der Waals surface area (Å²) in [5, 5.41) is 24.9. The summed E-state index contributed by atoms with van der Waals surface area (Å²) >= 11 is 4.15. The van der Waals surface area contributed by atoms with E-state index in [1.54, 1.807) is 32.9 Å². The fourth-order valence-corrected chi connectivity index (χ4v) is 3.11. The van der Waals surface area contributed by atoms with Crippen LogP contribution >= 0.6 is 12.6 Å². The van der Waals surface area contributed by atoms with E-state index in [1.807, 2.05) is 13.0 Å². The molecule has 1 aromatic rings. The van der Waals surface area contributed by atoms with Crippen molar-refractivity contribution in [2.45, 2.75) is 58.2 Å². The van der Waals surface area contributed by atoms with E-state index in [2.05, 4.69) is 23.3 Å². The van der Waals surface area contributed by atoms with E-state index in [9.17, 15) is 24.8 Å². The molecule has 0 saturated carbocycles. The van der Waals surface area contributed by atoms with Crippen molar-refractivity contribution < 1.29 is 24.2 Å². The molecule has 176 valence electrons. The molecule has 0 bridgehead atoms. The van der Waals surface area contributed by atoms with Crippen LogP contribution in [0, 0.1) is 11.3 Å². The standard InChI is InChI=1S/C22H32N4O5S/c1-5-6-12-24-19(28)18(15-9-7-8-10-17(15)27)26(13-11-23)20(29)16(14-32)25-21(30)31-22(2,3)4/h7-10,16,18,27,32H,5-6,12-14H2,1-4H3,(H,24,28)(H,25,30). The van der Waals surface area contributed by atoms with Gasteiger partial charge in [-0.15, -0.1) is 0 Å². The highest BCUT2D eigenvalue weighted by Gasteiger charge is 2.36. The zero-order chi connectivity index (χ0) is 24.3. The van der Waals surface area contributed by atoms with Crippen molar-refractivity contribution in [1.29, 1.82) is 5.26 Å². The van der Waals surface area contributed by atoms with Gasteiger partial charge in [-0.3, -0.25) is 9.59 Å². The van der Waals surface area contributed by atoms with Crippen LogP contribution in [0.4, 0.5) is 4.79 Å². The van der Waals surface area contributed by atoms with Crippen LogP contribution in [0.3, 0.4) is 0 Å². The number of alkyl carbamates (subject to hydrolysis) is 1. The minimum atomic E-state index is -1.27. The van der Waals surface area contributed by atoms with Crippen LogP contribution in [0.15, 0.2) is 24.3 Å². The van der Waals surface area contributed by atoms with Crippen molar-refractivity contribution in [3.8, 4) is 11.8 Å². The molecule has 3 amide bonds. The summed E-state index contributed by atoms with van der Waals surface area (Å²) < 4.78 is 5.20. The molecule has 1 rings (SSSR count). The van der Waals surface area contributed by atoms with E-state index < -0.39 is 42.1 Å². The molecule has 2 atom stereocenters. The third-order valence-electron chi connectivity index (χ3n) is 4.32. The zero-order valence-corrected chi connectivity index (χ0v) is 19.8. The molecule has 1 aromatic carbocycles. The number of hydrogen-bond acceptors (Lipinski definition) is 7. The van der Waals surface area contributed by atoms with Crippen LogP contribution in [0.1, 0.15) is 52.1 Å². The van der Waals surface area contributed by atoms with Crippen LogP contribution < -0.4 is 10.6 Å². The summed E-state index contributed by atoms with van der Waals surface area (Å²) in [6, 6.07) is 5.56. The molecule has 0 aliphatic carbocycles. The van der Waals surface area contributed by atoms with Gasteiger partial charge in [0.15, 0.2) is 0 Å². The number of nitrogens with one attached hydrogen (secondary N) is 2. The second-order valence-corrected chi connectivity index (χ2v) is 8.48. The summed E-state index contributed by atoms with van der Waals surface area (Å²) in [5.74, 6) is -1.53. The maximum Gasteiger partial charge on any atom is 0.408 e. The van der Waals surface area contributed by atoms with Crippen LogP contribution in [0.25, 0.3) is 0 Å². The van der Waals surface area contributed by atoms with Gasteiger partial charge < -0.3 is 25.4 Å². The van der Waals surface area contributed by atoms with E-state index in [-0.39, 0.29) is 17.1 Å². The molecule has 0 fully saturated rings. The molecule has 2 unspecified atom stereocenters. The SMILES string of the molecule is CCCCNC(=O)C(c1ccccc1O)N(CC#N)C(=O)C(CS)NC(=O)OC(C)(C)C. The van der Waals surface area contributed by atoms with Gasteiger partial charge in [0.1, 0.15) is 30.0 Å². The van der Waals surface area contributed by atoms with Crippen molar-refractivity contribution in [1.82, 2.24) is 15.5 Å². The number of rotatable bonds is 10. The third-order valence-corrected chi connectivity index (χ3v) is 4.68. The molecule has 0 radical (unpaired) electrons. The van der Waals surface area contributed by atoms with Crippen LogP contribution in [0.2, 0.25) is 0 Å². The fraction of sp³-hybridized carbons (Fsp3) is 0.545. The molecule has 32 heavy (non-hydrogen) atoms. The maximum atomic E-state index is 13.3. The molecule has 0 aliphatic rings. The molecule has 0 aliphatic heterocycles.